The van der Waals surface area contributed by atoms with Crippen molar-refractivity contribution in [1.82, 2.24) is 10.1 Å². The van der Waals surface area contributed by atoms with Crippen LogP contribution in [0.1, 0.15) is 34.3 Å². The first-order valence-electron chi connectivity index (χ1n) is 9.01. The SMILES string of the molecule is Cc1cccc(NC(=O)[C@H](C)OC(=O)c2cccnc2SCc2cc(C)on2)c1. The highest BCUT2D eigenvalue weighted by Gasteiger charge is 2.22. The van der Waals surface area contributed by atoms with Crippen molar-refractivity contribution in [2.75, 3.05) is 5.32 Å². The predicted molar refractivity (Wildman–Crippen MR) is 110 cm³/mol. The number of rotatable bonds is 7. The fourth-order valence-electron chi connectivity index (χ4n) is 2.53. The van der Waals surface area contributed by atoms with Crippen LogP contribution in [0.25, 0.3) is 0 Å². The van der Waals surface area contributed by atoms with Gasteiger partial charge in [-0.05, 0) is 50.6 Å². The minimum Gasteiger partial charge on any atom is -0.449 e. The van der Waals surface area contributed by atoms with Gasteiger partial charge < -0.3 is 14.6 Å². The Morgan fingerprint density at radius 3 is 2.76 bits per heavy atom. The lowest BCUT2D eigenvalue weighted by atomic mass is 10.2. The Kier molecular flexibility index (Phi) is 6.66. The summed E-state index contributed by atoms with van der Waals surface area (Å²) in [5.41, 5.74) is 2.72. The summed E-state index contributed by atoms with van der Waals surface area (Å²) in [6.07, 6.45) is 0.639. The van der Waals surface area contributed by atoms with Crippen molar-refractivity contribution in [2.24, 2.45) is 0 Å². The van der Waals surface area contributed by atoms with Gasteiger partial charge in [0.2, 0.25) is 0 Å². The molecule has 3 rings (SSSR count). The van der Waals surface area contributed by atoms with E-state index in [4.69, 9.17) is 9.26 Å². The van der Waals surface area contributed by atoms with E-state index in [1.54, 1.807) is 24.4 Å². The molecule has 0 spiro atoms. The van der Waals surface area contributed by atoms with Crippen LogP contribution in [0, 0.1) is 13.8 Å². The quantitative estimate of drug-likeness (QED) is 0.461. The zero-order valence-corrected chi connectivity index (χ0v) is 17.2. The molecule has 8 heteroatoms. The zero-order valence-electron chi connectivity index (χ0n) is 16.3. The van der Waals surface area contributed by atoms with Crippen molar-refractivity contribution in [3.63, 3.8) is 0 Å². The third kappa shape index (κ3) is 5.68. The number of ether oxygens (including phenoxy) is 1. The summed E-state index contributed by atoms with van der Waals surface area (Å²) < 4.78 is 10.4. The molecule has 0 aliphatic heterocycles. The number of amides is 1. The lowest BCUT2D eigenvalue weighted by Gasteiger charge is -2.14. The maximum Gasteiger partial charge on any atom is 0.341 e. The van der Waals surface area contributed by atoms with Gasteiger partial charge in [0.05, 0.1) is 11.3 Å². The number of aromatic nitrogens is 2. The van der Waals surface area contributed by atoms with Crippen LogP contribution in [0.15, 0.2) is 58.2 Å². The third-order valence-corrected chi connectivity index (χ3v) is 5.00. The smallest absolute Gasteiger partial charge is 0.341 e. The molecule has 29 heavy (non-hydrogen) atoms. The van der Waals surface area contributed by atoms with Crippen molar-refractivity contribution in [3.8, 4) is 0 Å². The van der Waals surface area contributed by atoms with Gasteiger partial charge in [-0.1, -0.05) is 29.1 Å². The first-order valence-corrected chi connectivity index (χ1v) is 9.99. The van der Waals surface area contributed by atoms with Crippen LogP contribution in [-0.4, -0.2) is 28.1 Å². The van der Waals surface area contributed by atoms with Crippen LogP contribution in [0.3, 0.4) is 0 Å². The Bertz CT molecular complexity index is 1020. The second-order valence-corrected chi connectivity index (χ2v) is 7.44. The first-order chi connectivity index (χ1) is 13.9. The summed E-state index contributed by atoms with van der Waals surface area (Å²) in [4.78, 5) is 29.2. The fraction of sp³-hybridized carbons (Fsp3) is 0.238. The van der Waals surface area contributed by atoms with Crippen molar-refractivity contribution in [2.45, 2.75) is 37.7 Å². The normalized spacial score (nSPS) is 11.7. The summed E-state index contributed by atoms with van der Waals surface area (Å²) >= 11 is 1.35. The molecule has 0 fully saturated rings. The van der Waals surface area contributed by atoms with Crippen LogP contribution in [0.5, 0.6) is 0 Å². The number of pyridine rings is 1. The molecular weight excluding hydrogens is 390 g/mol. The maximum atomic E-state index is 12.6. The molecule has 1 aromatic carbocycles. The molecule has 0 radical (unpaired) electrons. The van der Waals surface area contributed by atoms with E-state index >= 15 is 0 Å². The van der Waals surface area contributed by atoms with Crippen molar-refractivity contribution in [3.05, 3.63) is 71.2 Å². The van der Waals surface area contributed by atoms with Gasteiger partial charge in [-0.25, -0.2) is 9.78 Å². The van der Waals surface area contributed by atoms with E-state index in [1.165, 1.54) is 18.7 Å². The van der Waals surface area contributed by atoms with Crippen LogP contribution in [0.4, 0.5) is 5.69 Å². The molecule has 1 atom stereocenters. The number of nitrogens with one attached hydrogen (secondary N) is 1. The highest BCUT2D eigenvalue weighted by molar-refractivity contribution is 7.98. The highest BCUT2D eigenvalue weighted by atomic mass is 32.2. The van der Waals surface area contributed by atoms with E-state index in [2.05, 4.69) is 15.5 Å². The van der Waals surface area contributed by atoms with Crippen LogP contribution in [-0.2, 0) is 15.3 Å². The molecule has 0 aliphatic rings. The number of carbonyl (C=O) groups excluding carboxylic acids is 2. The molecule has 3 aromatic rings. The molecule has 0 bridgehead atoms. The molecule has 1 N–H and O–H groups in total. The molecule has 2 heterocycles. The number of aryl methyl sites for hydroxylation is 2. The number of esters is 1. The van der Waals surface area contributed by atoms with Gasteiger partial charge >= 0.3 is 5.97 Å². The average Bonchev–Trinajstić information content (AvgIpc) is 3.11. The van der Waals surface area contributed by atoms with Crippen molar-refractivity contribution in [1.29, 1.82) is 0 Å². The van der Waals surface area contributed by atoms with E-state index < -0.39 is 18.0 Å². The molecule has 0 unspecified atom stereocenters. The number of benzene rings is 1. The van der Waals surface area contributed by atoms with E-state index in [-0.39, 0.29) is 0 Å². The molecule has 0 saturated carbocycles. The lowest BCUT2D eigenvalue weighted by molar-refractivity contribution is -0.123. The van der Waals surface area contributed by atoms with Gasteiger partial charge in [0, 0.05) is 23.7 Å². The number of hydrogen-bond donors (Lipinski definition) is 1. The second kappa shape index (κ2) is 9.38. The van der Waals surface area contributed by atoms with E-state index in [1.807, 2.05) is 38.1 Å². The van der Waals surface area contributed by atoms with E-state index in [0.29, 0.717) is 22.0 Å². The van der Waals surface area contributed by atoms with E-state index in [9.17, 15) is 9.59 Å². The lowest BCUT2D eigenvalue weighted by Crippen LogP contribution is -2.30. The highest BCUT2D eigenvalue weighted by Crippen LogP contribution is 2.25. The van der Waals surface area contributed by atoms with Gasteiger partial charge in [-0.15, -0.1) is 0 Å². The summed E-state index contributed by atoms with van der Waals surface area (Å²) in [7, 11) is 0. The van der Waals surface area contributed by atoms with Gasteiger partial charge in [0.15, 0.2) is 6.10 Å². The average molecular weight is 411 g/mol. The number of anilines is 1. The van der Waals surface area contributed by atoms with Crippen LogP contribution in [0.2, 0.25) is 0 Å². The number of carbonyl (C=O) groups is 2. The maximum absolute atomic E-state index is 12.6. The molecule has 1 amide bonds. The minimum absolute atomic E-state index is 0.299. The largest absolute Gasteiger partial charge is 0.449 e. The molecule has 7 nitrogen and oxygen atoms in total. The van der Waals surface area contributed by atoms with Gasteiger partial charge in [0.1, 0.15) is 10.8 Å². The molecular formula is C21H21N3O4S. The third-order valence-electron chi connectivity index (χ3n) is 3.96. The Hall–Kier alpha value is -3.13. The van der Waals surface area contributed by atoms with Gasteiger partial charge in [-0.3, -0.25) is 4.79 Å². The standard InChI is InChI=1S/C21H21N3O4S/c1-13-6-4-7-16(10-13)23-19(25)15(3)27-21(26)18-8-5-9-22-20(18)29-12-17-11-14(2)28-24-17/h4-11,15H,12H2,1-3H3,(H,23,25)/t15-/m0/s1. The second-order valence-electron chi connectivity index (χ2n) is 6.48. The van der Waals surface area contributed by atoms with Crippen LogP contribution < -0.4 is 5.32 Å². The molecule has 0 saturated heterocycles. The monoisotopic (exact) mass is 411 g/mol. The zero-order chi connectivity index (χ0) is 20.8. The van der Waals surface area contributed by atoms with Crippen molar-refractivity contribution < 1.29 is 18.8 Å². The summed E-state index contributed by atoms with van der Waals surface area (Å²) in [5, 5.41) is 7.18. The molecule has 2 aromatic heterocycles. The molecule has 0 aliphatic carbocycles. The summed E-state index contributed by atoms with van der Waals surface area (Å²) in [6, 6.07) is 12.5. The van der Waals surface area contributed by atoms with Crippen LogP contribution >= 0.6 is 11.8 Å². The minimum atomic E-state index is -0.959. The Balaban J connectivity index is 1.63. The Morgan fingerprint density at radius 2 is 2.03 bits per heavy atom. The topological polar surface area (TPSA) is 94.3 Å². The van der Waals surface area contributed by atoms with Gasteiger partial charge in [0.25, 0.3) is 5.91 Å². The number of nitrogens with zero attached hydrogens (tertiary/aromatic N) is 2. The summed E-state index contributed by atoms with van der Waals surface area (Å²) in [5.74, 6) is 0.205. The predicted octanol–water partition coefficient (Wildman–Crippen LogP) is 4.16. The Morgan fingerprint density at radius 1 is 1.21 bits per heavy atom. The Labute approximate surface area is 172 Å². The molecule has 150 valence electrons. The van der Waals surface area contributed by atoms with Gasteiger partial charge in [-0.2, -0.15) is 0 Å². The van der Waals surface area contributed by atoms with E-state index in [0.717, 1.165) is 17.0 Å². The number of thioether (sulfide) groups is 1. The fourth-order valence-corrected chi connectivity index (χ4v) is 3.40. The first kappa shape index (κ1) is 20.6. The van der Waals surface area contributed by atoms with Crippen molar-refractivity contribution >= 4 is 29.3 Å². The summed E-state index contributed by atoms with van der Waals surface area (Å²) in [6.45, 7) is 5.28. The number of hydrogen-bond acceptors (Lipinski definition) is 7.